The van der Waals surface area contributed by atoms with E-state index in [1.165, 1.54) is 11.5 Å². The minimum atomic E-state index is -0.541. The van der Waals surface area contributed by atoms with Crippen molar-refractivity contribution in [1.82, 2.24) is 9.69 Å². The fraction of sp³-hybridized carbons (Fsp3) is 0.529. The maximum absolute atomic E-state index is 12.5. The zero-order valence-corrected chi connectivity index (χ0v) is 13.5. The van der Waals surface area contributed by atoms with Crippen molar-refractivity contribution >= 4 is 27.5 Å². The number of aromatic nitrogens is 1. The van der Waals surface area contributed by atoms with Gasteiger partial charge in [0, 0.05) is 17.3 Å². The number of hydrogen-bond acceptors (Lipinski definition) is 4. The van der Waals surface area contributed by atoms with Crippen molar-refractivity contribution in [2.24, 2.45) is 5.41 Å². The van der Waals surface area contributed by atoms with Crippen LogP contribution in [-0.2, 0) is 0 Å². The van der Waals surface area contributed by atoms with Crippen LogP contribution in [0.25, 0.3) is 10.1 Å². The first-order valence-corrected chi connectivity index (χ1v) is 8.67. The number of nitrogens with zero attached hydrogens (tertiary/aromatic N) is 1. The Hall–Kier alpha value is -1.46. The van der Waals surface area contributed by atoms with Crippen molar-refractivity contribution in [2.45, 2.75) is 44.6 Å². The van der Waals surface area contributed by atoms with Crippen LogP contribution < -0.4 is 5.32 Å². The number of aliphatic hydroxyl groups is 1. The highest BCUT2D eigenvalue weighted by molar-refractivity contribution is 7.13. The topological polar surface area (TPSA) is 62.2 Å². The van der Waals surface area contributed by atoms with Gasteiger partial charge < -0.3 is 10.4 Å². The van der Waals surface area contributed by atoms with Gasteiger partial charge in [0.2, 0.25) is 0 Å². The average molecular weight is 316 g/mol. The monoisotopic (exact) mass is 316 g/mol. The third kappa shape index (κ3) is 2.07. The Morgan fingerprint density at radius 1 is 1.36 bits per heavy atom. The smallest absolute Gasteiger partial charge is 0.271 e. The average Bonchev–Trinajstić information content (AvgIpc) is 3.16. The summed E-state index contributed by atoms with van der Waals surface area (Å²) in [5.74, 6) is -0.119. The molecule has 0 aliphatic heterocycles. The van der Waals surface area contributed by atoms with E-state index in [0.29, 0.717) is 12.2 Å². The molecule has 2 saturated carbocycles. The molecule has 4 rings (SSSR count). The molecule has 1 heterocycles. The van der Waals surface area contributed by atoms with Crippen molar-refractivity contribution in [2.75, 3.05) is 6.54 Å². The van der Waals surface area contributed by atoms with E-state index in [1.54, 1.807) is 0 Å². The molecule has 2 aliphatic carbocycles. The molecule has 0 bridgehead atoms. The molecule has 2 fully saturated rings. The Balaban J connectivity index is 1.51. The molecule has 4 nitrogen and oxygen atoms in total. The maximum Gasteiger partial charge on any atom is 0.271 e. The molecule has 0 unspecified atom stereocenters. The summed E-state index contributed by atoms with van der Waals surface area (Å²) in [6, 6.07) is 6.06. The van der Waals surface area contributed by atoms with Gasteiger partial charge in [0.1, 0.15) is 5.69 Å². The van der Waals surface area contributed by atoms with Crippen LogP contribution in [0, 0.1) is 12.3 Å². The first-order valence-electron chi connectivity index (χ1n) is 7.90. The summed E-state index contributed by atoms with van der Waals surface area (Å²) in [6.45, 7) is 2.58. The molecule has 1 amide bonds. The Labute approximate surface area is 133 Å². The van der Waals surface area contributed by atoms with Gasteiger partial charge in [-0.3, -0.25) is 4.79 Å². The van der Waals surface area contributed by atoms with Gasteiger partial charge in [-0.1, -0.05) is 11.6 Å². The number of fused-ring (bicyclic) bond motifs is 1. The number of nitrogens with one attached hydrogen (secondary N) is 1. The molecule has 5 heteroatoms. The van der Waals surface area contributed by atoms with E-state index in [4.69, 9.17) is 0 Å². The fourth-order valence-corrected chi connectivity index (χ4v) is 4.30. The number of amides is 1. The molecule has 22 heavy (non-hydrogen) atoms. The first-order chi connectivity index (χ1) is 10.5. The quantitative estimate of drug-likeness (QED) is 0.911. The van der Waals surface area contributed by atoms with Gasteiger partial charge in [-0.15, -0.1) is 0 Å². The zero-order valence-electron chi connectivity index (χ0n) is 12.7. The Bertz CT molecular complexity index is 744. The third-order valence-electron chi connectivity index (χ3n) is 5.45. The summed E-state index contributed by atoms with van der Waals surface area (Å²) < 4.78 is 5.36. The fourth-order valence-electron chi connectivity index (χ4n) is 3.55. The normalized spacial score (nSPS) is 21.4. The summed E-state index contributed by atoms with van der Waals surface area (Å²) in [5.41, 5.74) is 1.02. The predicted molar refractivity (Wildman–Crippen MR) is 87.2 cm³/mol. The molecule has 2 N–H and O–H groups in total. The lowest BCUT2D eigenvalue weighted by Crippen LogP contribution is -2.50. The van der Waals surface area contributed by atoms with E-state index in [0.717, 1.165) is 47.8 Å². The number of hydrogen-bond donors (Lipinski definition) is 2. The molecule has 116 valence electrons. The zero-order chi connectivity index (χ0) is 15.4. The van der Waals surface area contributed by atoms with Crippen molar-refractivity contribution in [3.8, 4) is 0 Å². The van der Waals surface area contributed by atoms with E-state index in [1.807, 2.05) is 25.1 Å². The number of carbonyl (C=O) groups excluding carboxylic acids is 1. The molecular weight excluding hydrogens is 296 g/mol. The van der Waals surface area contributed by atoms with Gasteiger partial charge in [-0.05, 0) is 62.7 Å². The number of rotatable bonds is 4. The van der Waals surface area contributed by atoms with E-state index in [2.05, 4.69) is 9.69 Å². The Morgan fingerprint density at radius 3 is 2.77 bits per heavy atom. The highest BCUT2D eigenvalue weighted by Crippen LogP contribution is 2.60. The molecule has 0 atom stereocenters. The van der Waals surface area contributed by atoms with Crippen LogP contribution >= 0.6 is 11.5 Å². The van der Waals surface area contributed by atoms with Gasteiger partial charge in [0.25, 0.3) is 5.91 Å². The van der Waals surface area contributed by atoms with Crippen LogP contribution in [0.3, 0.4) is 0 Å². The van der Waals surface area contributed by atoms with Crippen LogP contribution in [0.1, 0.15) is 48.2 Å². The lowest BCUT2D eigenvalue weighted by atomic mass is 9.69. The molecule has 2 aliphatic rings. The van der Waals surface area contributed by atoms with Crippen molar-refractivity contribution < 1.29 is 9.90 Å². The lowest BCUT2D eigenvalue weighted by molar-refractivity contribution is -0.0948. The van der Waals surface area contributed by atoms with E-state index in [9.17, 15) is 9.90 Å². The number of aryl methyl sites for hydroxylation is 1. The SMILES string of the molecule is Cc1ccc2snc(C(=O)NCC3(C4(O)CCC4)CC3)c2c1. The minimum Gasteiger partial charge on any atom is -0.389 e. The van der Waals surface area contributed by atoms with Gasteiger partial charge >= 0.3 is 0 Å². The third-order valence-corrected chi connectivity index (χ3v) is 6.28. The Morgan fingerprint density at radius 2 is 2.14 bits per heavy atom. The summed E-state index contributed by atoms with van der Waals surface area (Å²) in [7, 11) is 0. The van der Waals surface area contributed by atoms with E-state index < -0.39 is 5.60 Å². The van der Waals surface area contributed by atoms with Crippen LogP contribution in [0.15, 0.2) is 18.2 Å². The first kappa shape index (κ1) is 14.2. The van der Waals surface area contributed by atoms with Crippen LogP contribution in [0.2, 0.25) is 0 Å². The van der Waals surface area contributed by atoms with Crippen LogP contribution in [-0.4, -0.2) is 27.5 Å². The summed E-state index contributed by atoms with van der Waals surface area (Å²) in [4.78, 5) is 12.5. The second-order valence-electron chi connectivity index (χ2n) is 6.88. The number of benzene rings is 1. The second-order valence-corrected chi connectivity index (χ2v) is 7.68. The standard InChI is InChI=1S/C17H20N2O2S/c1-11-3-4-13-12(9-11)14(19-22-13)15(20)18-10-16(7-8-16)17(21)5-2-6-17/h3-4,9,21H,2,5-8,10H2,1H3,(H,18,20). The summed E-state index contributed by atoms with van der Waals surface area (Å²) in [6.07, 6.45) is 4.88. The minimum absolute atomic E-state index is 0.0807. The molecule has 2 aromatic rings. The van der Waals surface area contributed by atoms with Gasteiger partial charge in [0.15, 0.2) is 0 Å². The highest BCUT2D eigenvalue weighted by Gasteiger charge is 2.60. The summed E-state index contributed by atoms with van der Waals surface area (Å²) in [5, 5.41) is 14.5. The Kier molecular flexibility index (Phi) is 3.07. The molecule has 1 aromatic carbocycles. The molecule has 1 aromatic heterocycles. The molecule has 0 spiro atoms. The van der Waals surface area contributed by atoms with Gasteiger partial charge in [-0.25, -0.2) is 0 Å². The van der Waals surface area contributed by atoms with Crippen molar-refractivity contribution in [1.29, 1.82) is 0 Å². The van der Waals surface area contributed by atoms with Crippen LogP contribution in [0.5, 0.6) is 0 Å². The predicted octanol–water partition coefficient (Wildman–Crippen LogP) is 3.03. The molecule has 0 saturated heterocycles. The lowest BCUT2D eigenvalue weighted by Gasteiger charge is -2.44. The highest BCUT2D eigenvalue weighted by atomic mass is 32.1. The van der Waals surface area contributed by atoms with Gasteiger partial charge in [-0.2, -0.15) is 4.37 Å². The van der Waals surface area contributed by atoms with Crippen molar-refractivity contribution in [3.05, 3.63) is 29.5 Å². The van der Waals surface area contributed by atoms with E-state index >= 15 is 0 Å². The second kappa shape index (κ2) is 4.77. The molecule has 0 radical (unpaired) electrons. The van der Waals surface area contributed by atoms with E-state index in [-0.39, 0.29) is 11.3 Å². The largest absolute Gasteiger partial charge is 0.389 e. The maximum atomic E-state index is 12.5. The van der Waals surface area contributed by atoms with Crippen molar-refractivity contribution in [3.63, 3.8) is 0 Å². The number of carbonyl (C=O) groups is 1. The van der Waals surface area contributed by atoms with Crippen LogP contribution in [0.4, 0.5) is 0 Å². The molecular formula is C17H20N2O2S. The van der Waals surface area contributed by atoms with Gasteiger partial charge in [0.05, 0.1) is 10.3 Å². The summed E-state index contributed by atoms with van der Waals surface area (Å²) >= 11 is 1.36.